The van der Waals surface area contributed by atoms with E-state index in [4.69, 9.17) is 4.98 Å². The number of H-pyrrole nitrogens is 2. The van der Waals surface area contributed by atoms with E-state index >= 15 is 4.39 Å². The largest absolute Gasteiger partial charge is 0.373 e. The fourth-order valence-corrected chi connectivity index (χ4v) is 5.88. The molecular formula is C33H27F2N9O3S. The Morgan fingerprint density at radius 3 is 2.52 bits per heavy atom. The molecule has 5 heterocycles. The van der Waals surface area contributed by atoms with Crippen LogP contribution in [0.1, 0.15) is 11.1 Å². The topological polar surface area (TPSA) is 174 Å². The summed E-state index contributed by atoms with van der Waals surface area (Å²) in [4.78, 5) is 20.6. The summed E-state index contributed by atoms with van der Waals surface area (Å²) in [5.41, 5.74) is 4.57. The number of hydrogen-bond acceptors (Lipinski definition) is 9. The summed E-state index contributed by atoms with van der Waals surface area (Å²) >= 11 is 0. The predicted octanol–water partition coefficient (Wildman–Crippen LogP) is 4.93. The summed E-state index contributed by atoms with van der Waals surface area (Å²) < 4.78 is 56.4. The number of aliphatic hydroxyl groups is 1. The van der Waals surface area contributed by atoms with Crippen molar-refractivity contribution in [1.29, 1.82) is 0 Å². The summed E-state index contributed by atoms with van der Waals surface area (Å²) in [5, 5.41) is 20.8. The highest BCUT2D eigenvalue weighted by Gasteiger charge is 2.22. The molecule has 5 aromatic heterocycles. The monoisotopic (exact) mass is 667 g/mol. The molecule has 0 fully saturated rings. The normalized spacial score (nSPS) is 12.5. The lowest BCUT2D eigenvalue weighted by Gasteiger charge is -2.15. The van der Waals surface area contributed by atoms with Gasteiger partial charge in [-0.25, -0.2) is 26.9 Å². The SMILES string of the molecule is CS(=O)(=O)NCc1cc(F)cc(-c2cncc3[nH]c(-c4n[nH]c5cnc(-c6cncc(NC(O)Cc7ccccc7)c6)c(F)c45)nc23)c1. The third-order valence-corrected chi connectivity index (χ3v) is 8.26. The highest BCUT2D eigenvalue weighted by Crippen LogP contribution is 2.35. The number of halogens is 2. The van der Waals surface area contributed by atoms with Gasteiger partial charge in [-0.1, -0.05) is 30.3 Å². The molecule has 2 aromatic carbocycles. The highest BCUT2D eigenvalue weighted by molar-refractivity contribution is 7.88. The molecular weight excluding hydrogens is 640 g/mol. The maximum absolute atomic E-state index is 16.3. The number of aliphatic hydroxyl groups excluding tert-OH is 1. The minimum Gasteiger partial charge on any atom is -0.373 e. The fourth-order valence-electron chi connectivity index (χ4n) is 5.46. The molecule has 0 spiro atoms. The molecule has 12 nitrogen and oxygen atoms in total. The van der Waals surface area contributed by atoms with Crippen LogP contribution in [0.2, 0.25) is 0 Å². The maximum atomic E-state index is 16.3. The number of nitrogens with zero attached hydrogens (tertiary/aromatic N) is 5. The number of imidazole rings is 1. The standard InChI is InChI=1S/C33H27F2N9O3S/c1-48(46,47)39-12-19-7-20(10-22(34)8-19)24-15-37-16-26-31(24)42-33(41-26)32-28-25(43-44-32)17-38-30(29(28)35)21-11-23(14-36-13-21)40-27(45)9-18-5-3-2-4-6-18/h2-8,10-11,13-17,27,39-40,45H,9,12H2,1H3,(H,41,42)(H,43,44). The molecule has 7 aromatic rings. The highest BCUT2D eigenvalue weighted by atomic mass is 32.2. The molecule has 0 saturated carbocycles. The molecule has 0 bridgehead atoms. The van der Waals surface area contributed by atoms with Crippen LogP contribution in [0.15, 0.2) is 85.6 Å². The van der Waals surface area contributed by atoms with Crippen LogP contribution in [0.3, 0.4) is 0 Å². The van der Waals surface area contributed by atoms with Gasteiger partial charge in [0, 0.05) is 36.5 Å². The second-order valence-electron chi connectivity index (χ2n) is 11.2. The lowest BCUT2D eigenvalue weighted by molar-refractivity contribution is 0.204. The van der Waals surface area contributed by atoms with Gasteiger partial charge >= 0.3 is 0 Å². The van der Waals surface area contributed by atoms with Crippen molar-refractivity contribution in [3.63, 3.8) is 0 Å². The van der Waals surface area contributed by atoms with Crippen molar-refractivity contribution in [3.05, 3.63) is 108 Å². The summed E-state index contributed by atoms with van der Waals surface area (Å²) in [6.07, 6.45) is 8.00. The molecule has 0 radical (unpaired) electrons. The van der Waals surface area contributed by atoms with Gasteiger partial charge in [0.25, 0.3) is 0 Å². The molecule has 1 unspecified atom stereocenters. The second kappa shape index (κ2) is 12.5. The number of aromatic amines is 2. The molecule has 5 N–H and O–H groups in total. The molecule has 242 valence electrons. The number of hydrogen-bond donors (Lipinski definition) is 5. The summed E-state index contributed by atoms with van der Waals surface area (Å²) in [6, 6.07) is 15.3. The molecule has 0 amide bonds. The third-order valence-electron chi connectivity index (χ3n) is 7.59. The Morgan fingerprint density at radius 1 is 0.896 bits per heavy atom. The Bertz CT molecular complexity index is 2400. The Kier molecular flexibility index (Phi) is 8.08. The van der Waals surface area contributed by atoms with Gasteiger partial charge in [-0.15, -0.1) is 0 Å². The van der Waals surface area contributed by atoms with Gasteiger partial charge in [0.15, 0.2) is 11.6 Å². The van der Waals surface area contributed by atoms with Crippen LogP contribution in [-0.2, 0) is 23.0 Å². The predicted molar refractivity (Wildman–Crippen MR) is 177 cm³/mol. The average Bonchev–Trinajstić information content (AvgIpc) is 3.69. The lowest BCUT2D eigenvalue weighted by Crippen LogP contribution is -2.21. The van der Waals surface area contributed by atoms with Crippen molar-refractivity contribution in [2.75, 3.05) is 11.6 Å². The Hall–Kier alpha value is -5.64. The lowest BCUT2D eigenvalue weighted by atomic mass is 10.0. The Labute approximate surface area is 272 Å². The third kappa shape index (κ3) is 6.46. The number of pyridine rings is 3. The van der Waals surface area contributed by atoms with Crippen molar-refractivity contribution in [2.45, 2.75) is 19.2 Å². The van der Waals surface area contributed by atoms with E-state index in [9.17, 15) is 17.9 Å². The quantitative estimate of drug-likeness (QED) is 0.127. The minimum absolute atomic E-state index is 0.0207. The van der Waals surface area contributed by atoms with Crippen LogP contribution in [0.5, 0.6) is 0 Å². The number of rotatable bonds is 10. The molecule has 0 aliphatic heterocycles. The molecule has 0 saturated heterocycles. The summed E-state index contributed by atoms with van der Waals surface area (Å²) in [6.45, 7) is -0.101. The minimum atomic E-state index is -3.49. The van der Waals surface area contributed by atoms with E-state index in [0.29, 0.717) is 50.9 Å². The van der Waals surface area contributed by atoms with Crippen molar-refractivity contribution in [1.82, 2.24) is 39.8 Å². The molecule has 15 heteroatoms. The van der Waals surface area contributed by atoms with E-state index in [1.807, 2.05) is 30.3 Å². The van der Waals surface area contributed by atoms with Crippen LogP contribution >= 0.6 is 0 Å². The average molecular weight is 668 g/mol. The number of sulfonamides is 1. The van der Waals surface area contributed by atoms with Crippen LogP contribution in [0, 0.1) is 11.6 Å². The fraction of sp³-hybridized carbons (Fsp3) is 0.121. The Balaban J connectivity index is 1.22. The second-order valence-corrected chi connectivity index (χ2v) is 13.0. The zero-order chi connectivity index (χ0) is 33.4. The van der Waals surface area contributed by atoms with Crippen LogP contribution in [0.4, 0.5) is 14.5 Å². The van der Waals surface area contributed by atoms with Crippen molar-refractivity contribution >= 4 is 37.6 Å². The van der Waals surface area contributed by atoms with Crippen LogP contribution < -0.4 is 10.0 Å². The number of anilines is 1. The Morgan fingerprint density at radius 2 is 1.71 bits per heavy atom. The van der Waals surface area contributed by atoms with Crippen LogP contribution in [-0.4, -0.2) is 61.1 Å². The number of fused-ring (bicyclic) bond motifs is 2. The van der Waals surface area contributed by atoms with E-state index in [1.165, 1.54) is 43.1 Å². The van der Waals surface area contributed by atoms with Gasteiger partial charge in [0.05, 0.1) is 52.5 Å². The van der Waals surface area contributed by atoms with Gasteiger partial charge in [-0.2, -0.15) is 5.10 Å². The zero-order valence-corrected chi connectivity index (χ0v) is 26.1. The van der Waals surface area contributed by atoms with Gasteiger partial charge in [0.2, 0.25) is 10.0 Å². The number of nitrogens with one attached hydrogen (secondary N) is 4. The molecule has 7 rings (SSSR count). The first kappa shape index (κ1) is 31.0. The van der Waals surface area contributed by atoms with Gasteiger partial charge in [0.1, 0.15) is 23.4 Å². The van der Waals surface area contributed by atoms with Gasteiger partial charge in [-0.3, -0.25) is 20.1 Å². The molecule has 1 atom stereocenters. The van der Waals surface area contributed by atoms with Gasteiger partial charge in [-0.05, 0) is 41.0 Å². The van der Waals surface area contributed by atoms with Crippen molar-refractivity contribution < 1.29 is 22.3 Å². The first-order valence-electron chi connectivity index (χ1n) is 14.7. The zero-order valence-electron chi connectivity index (χ0n) is 25.2. The number of aromatic nitrogens is 7. The van der Waals surface area contributed by atoms with Crippen molar-refractivity contribution in [3.8, 4) is 33.9 Å². The van der Waals surface area contributed by atoms with Crippen LogP contribution in [0.25, 0.3) is 55.8 Å². The van der Waals surface area contributed by atoms with E-state index in [1.54, 1.807) is 12.1 Å². The number of benzene rings is 2. The molecule has 0 aliphatic rings. The summed E-state index contributed by atoms with van der Waals surface area (Å²) in [7, 11) is -3.49. The maximum Gasteiger partial charge on any atom is 0.209 e. The first-order valence-corrected chi connectivity index (χ1v) is 16.6. The molecule has 48 heavy (non-hydrogen) atoms. The van der Waals surface area contributed by atoms with E-state index in [-0.39, 0.29) is 29.1 Å². The van der Waals surface area contributed by atoms with E-state index < -0.39 is 27.9 Å². The smallest absolute Gasteiger partial charge is 0.209 e. The van der Waals surface area contributed by atoms with E-state index in [2.05, 4.69) is 40.2 Å². The first-order chi connectivity index (χ1) is 23.1. The summed E-state index contributed by atoms with van der Waals surface area (Å²) in [5.74, 6) is -0.994. The van der Waals surface area contributed by atoms with Gasteiger partial charge < -0.3 is 15.4 Å². The van der Waals surface area contributed by atoms with Crippen molar-refractivity contribution in [2.24, 2.45) is 0 Å². The molecule has 0 aliphatic carbocycles. The van der Waals surface area contributed by atoms with E-state index in [0.717, 1.165) is 11.8 Å².